The summed E-state index contributed by atoms with van der Waals surface area (Å²) in [5, 5.41) is 0. The molecule has 0 radical (unpaired) electrons. The monoisotopic (exact) mass is 370 g/mol. The zero-order valence-corrected chi connectivity index (χ0v) is 14.3. The maximum absolute atomic E-state index is 12.2. The predicted octanol–water partition coefficient (Wildman–Crippen LogP) is 3.84. The fraction of sp³-hybridized carbons (Fsp3) is 0.200. The van der Waals surface area contributed by atoms with Gasteiger partial charge in [0.25, 0.3) is 0 Å². The lowest BCUT2D eigenvalue weighted by molar-refractivity contribution is 0.408. The van der Waals surface area contributed by atoms with Crippen molar-refractivity contribution >= 4 is 26.0 Å². The largest absolute Gasteiger partial charge is 0.495 e. The fourth-order valence-corrected chi connectivity index (χ4v) is 3.09. The van der Waals surface area contributed by atoms with E-state index in [1.807, 2.05) is 13.8 Å². The molecule has 2 rings (SSSR count). The maximum atomic E-state index is 12.2. The van der Waals surface area contributed by atoms with Crippen LogP contribution in [-0.2, 0) is 10.1 Å². The third-order valence-corrected chi connectivity index (χ3v) is 5.21. The Morgan fingerprint density at radius 2 is 1.67 bits per heavy atom. The Bertz CT molecular complexity index is 752. The van der Waals surface area contributed by atoms with Crippen LogP contribution < -0.4 is 8.92 Å². The van der Waals surface area contributed by atoms with Crippen LogP contribution in [0.5, 0.6) is 11.5 Å². The van der Waals surface area contributed by atoms with Gasteiger partial charge < -0.3 is 8.92 Å². The molecule has 0 saturated heterocycles. The Morgan fingerprint density at radius 3 is 2.24 bits per heavy atom. The normalized spacial score (nSPS) is 11.2. The van der Waals surface area contributed by atoms with Crippen LogP contribution >= 0.6 is 15.9 Å². The Labute approximate surface area is 133 Å². The van der Waals surface area contributed by atoms with Crippen molar-refractivity contribution in [2.45, 2.75) is 18.7 Å². The van der Waals surface area contributed by atoms with Crippen molar-refractivity contribution < 1.29 is 17.3 Å². The van der Waals surface area contributed by atoms with Gasteiger partial charge in [-0.05, 0) is 53.5 Å². The molecule has 0 aliphatic carbocycles. The molecular formula is C15H15BrO4S. The molecular weight excluding hydrogens is 356 g/mol. The number of halogens is 1. The van der Waals surface area contributed by atoms with Crippen LogP contribution in [0.25, 0.3) is 0 Å². The second-order valence-corrected chi connectivity index (χ2v) is 6.95. The van der Waals surface area contributed by atoms with Crippen molar-refractivity contribution in [2.75, 3.05) is 7.11 Å². The summed E-state index contributed by atoms with van der Waals surface area (Å²) in [4.78, 5) is 0.118. The molecule has 0 amide bonds. The van der Waals surface area contributed by atoms with Gasteiger partial charge in [-0.15, -0.1) is 0 Å². The third-order valence-electron chi connectivity index (χ3n) is 2.93. The summed E-state index contributed by atoms with van der Waals surface area (Å²) in [5.74, 6) is 0.734. The molecule has 0 bridgehead atoms. The van der Waals surface area contributed by atoms with E-state index < -0.39 is 10.1 Å². The minimum absolute atomic E-state index is 0.118. The van der Waals surface area contributed by atoms with Gasteiger partial charge in [-0.1, -0.05) is 17.7 Å². The molecule has 0 N–H and O–H groups in total. The van der Waals surface area contributed by atoms with Crippen molar-refractivity contribution in [1.82, 2.24) is 0 Å². The Morgan fingerprint density at radius 1 is 1.05 bits per heavy atom. The molecule has 0 saturated carbocycles. The lowest BCUT2D eigenvalue weighted by Gasteiger charge is -2.11. The van der Waals surface area contributed by atoms with Gasteiger partial charge in [0.2, 0.25) is 0 Å². The molecule has 2 aromatic carbocycles. The van der Waals surface area contributed by atoms with E-state index in [1.54, 1.807) is 18.2 Å². The first-order valence-corrected chi connectivity index (χ1v) is 8.39. The van der Waals surface area contributed by atoms with Gasteiger partial charge in [-0.3, -0.25) is 0 Å². The zero-order valence-electron chi connectivity index (χ0n) is 11.9. The van der Waals surface area contributed by atoms with Gasteiger partial charge in [-0.2, -0.15) is 8.42 Å². The first-order valence-electron chi connectivity index (χ1n) is 6.19. The number of benzene rings is 2. The second kappa shape index (κ2) is 6.07. The van der Waals surface area contributed by atoms with Gasteiger partial charge in [0.05, 0.1) is 11.6 Å². The number of hydrogen-bond donors (Lipinski definition) is 0. The highest BCUT2D eigenvalue weighted by Gasteiger charge is 2.18. The molecule has 0 unspecified atom stereocenters. The van der Waals surface area contributed by atoms with E-state index in [0.29, 0.717) is 5.75 Å². The Balaban J connectivity index is 2.37. The predicted molar refractivity (Wildman–Crippen MR) is 84.4 cm³/mol. The van der Waals surface area contributed by atoms with E-state index >= 15 is 0 Å². The Kier molecular flexibility index (Phi) is 4.58. The molecule has 0 aromatic heterocycles. The molecule has 0 heterocycles. The van der Waals surface area contributed by atoms with Crippen molar-refractivity contribution in [3.05, 3.63) is 52.0 Å². The summed E-state index contributed by atoms with van der Waals surface area (Å²) in [6.07, 6.45) is 0. The highest BCUT2D eigenvalue weighted by molar-refractivity contribution is 9.10. The van der Waals surface area contributed by atoms with E-state index in [9.17, 15) is 8.42 Å². The van der Waals surface area contributed by atoms with Crippen LogP contribution in [0.4, 0.5) is 0 Å². The summed E-state index contributed by atoms with van der Waals surface area (Å²) >= 11 is 3.38. The molecule has 0 atom stereocenters. The summed E-state index contributed by atoms with van der Waals surface area (Å²) in [7, 11) is -2.34. The van der Waals surface area contributed by atoms with Crippen LogP contribution in [-0.4, -0.2) is 15.5 Å². The average molecular weight is 371 g/mol. The van der Waals surface area contributed by atoms with Gasteiger partial charge in [-0.25, -0.2) is 0 Å². The number of methoxy groups -OCH3 is 1. The topological polar surface area (TPSA) is 52.6 Å². The smallest absolute Gasteiger partial charge is 0.339 e. The maximum Gasteiger partial charge on any atom is 0.339 e. The van der Waals surface area contributed by atoms with Gasteiger partial charge in [0.15, 0.2) is 0 Å². The minimum Gasteiger partial charge on any atom is -0.495 e. The van der Waals surface area contributed by atoms with Crippen molar-refractivity contribution in [3.8, 4) is 11.5 Å². The molecule has 21 heavy (non-hydrogen) atoms. The number of hydrogen-bond acceptors (Lipinski definition) is 4. The van der Waals surface area contributed by atoms with E-state index in [0.717, 1.165) is 15.6 Å². The molecule has 4 nitrogen and oxygen atoms in total. The fourth-order valence-electron chi connectivity index (χ4n) is 1.78. The molecule has 2 aromatic rings. The Hall–Kier alpha value is -1.53. The summed E-state index contributed by atoms with van der Waals surface area (Å²) in [6, 6.07) is 9.66. The van der Waals surface area contributed by atoms with Crippen molar-refractivity contribution in [2.24, 2.45) is 0 Å². The van der Waals surface area contributed by atoms with Crippen LogP contribution in [0, 0.1) is 13.8 Å². The van der Waals surface area contributed by atoms with Crippen LogP contribution in [0.3, 0.4) is 0 Å². The number of rotatable bonds is 4. The second-order valence-electron chi connectivity index (χ2n) is 4.61. The lowest BCUT2D eigenvalue weighted by atomic mass is 10.2. The standard InChI is InChI=1S/C15H15BrO4S/c1-10-4-6-13(7-5-10)21(17,18)20-12-8-11(2)15(16)14(9-12)19-3/h4-9H,1-3H3. The summed E-state index contributed by atoms with van der Waals surface area (Å²) in [6.45, 7) is 3.72. The third kappa shape index (κ3) is 3.57. The molecule has 0 spiro atoms. The van der Waals surface area contributed by atoms with Crippen LogP contribution in [0.1, 0.15) is 11.1 Å². The molecule has 6 heteroatoms. The van der Waals surface area contributed by atoms with Gasteiger partial charge in [0, 0.05) is 6.07 Å². The van der Waals surface area contributed by atoms with E-state index in [1.165, 1.54) is 25.3 Å². The molecule has 0 fully saturated rings. The highest BCUT2D eigenvalue weighted by Crippen LogP contribution is 2.34. The summed E-state index contributed by atoms with van der Waals surface area (Å²) in [5.41, 5.74) is 1.80. The van der Waals surface area contributed by atoms with Gasteiger partial charge >= 0.3 is 10.1 Å². The number of aryl methyl sites for hydroxylation is 2. The molecule has 0 aliphatic rings. The highest BCUT2D eigenvalue weighted by atomic mass is 79.9. The van der Waals surface area contributed by atoms with Crippen LogP contribution in [0.15, 0.2) is 45.8 Å². The van der Waals surface area contributed by atoms with Crippen LogP contribution in [0.2, 0.25) is 0 Å². The molecule has 0 aliphatic heterocycles. The number of ether oxygens (including phenoxy) is 1. The average Bonchev–Trinajstić information content (AvgIpc) is 2.42. The quantitative estimate of drug-likeness (QED) is 0.767. The van der Waals surface area contributed by atoms with E-state index in [2.05, 4.69) is 15.9 Å². The van der Waals surface area contributed by atoms with E-state index in [4.69, 9.17) is 8.92 Å². The van der Waals surface area contributed by atoms with Crippen molar-refractivity contribution in [3.63, 3.8) is 0 Å². The summed E-state index contributed by atoms with van der Waals surface area (Å²) < 4.78 is 35.6. The van der Waals surface area contributed by atoms with E-state index in [-0.39, 0.29) is 10.6 Å². The zero-order chi connectivity index (χ0) is 15.6. The lowest BCUT2D eigenvalue weighted by Crippen LogP contribution is -2.10. The first-order chi connectivity index (χ1) is 9.83. The van der Waals surface area contributed by atoms with Gasteiger partial charge in [0.1, 0.15) is 16.4 Å². The first kappa shape index (κ1) is 15.9. The SMILES string of the molecule is COc1cc(OS(=O)(=O)c2ccc(C)cc2)cc(C)c1Br. The minimum atomic E-state index is -3.86. The van der Waals surface area contributed by atoms with Crippen molar-refractivity contribution in [1.29, 1.82) is 0 Å². The molecule has 112 valence electrons.